The van der Waals surface area contributed by atoms with E-state index in [1.165, 1.54) is 12.1 Å². The van der Waals surface area contributed by atoms with Crippen LogP contribution in [0.4, 0.5) is 11.4 Å². The third kappa shape index (κ3) is 3.63. The lowest BCUT2D eigenvalue weighted by atomic mass is 9.68. The molecule has 2 aromatic carbocycles. The van der Waals surface area contributed by atoms with Crippen molar-refractivity contribution >= 4 is 28.8 Å². The summed E-state index contributed by atoms with van der Waals surface area (Å²) >= 11 is 6.22. The number of ketones is 1. The van der Waals surface area contributed by atoms with E-state index in [0.29, 0.717) is 34.7 Å². The van der Waals surface area contributed by atoms with Gasteiger partial charge in [-0.3, -0.25) is 19.8 Å². The van der Waals surface area contributed by atoms with Crippen LogP contribution >= 0.6 is 11.6 Å². The Bertz CT molecular complexity index is 1240. The minimum absolute atomic E-state index is 0.0631. The number of nitriles is 1. The molecule has 2 aromatic rings. The molecule has 0 saturated heterocycles. The maximum absolute atomic E-state index is 13.4. The second-order valence-electron chi connectivity index (χ2n) is 8.81. The second kappa shape index (κ2) is 7.81. The Kier molecular flexibility index (Phi) is 5.27. The molecule has 8 heteroatoms. The van der Waals surface area contributed by atoms with E-state index in [-0.39, 0.29) is 28.3 Å². The minimum atomic E-state index is -0.685. The van der Waals surface area contributed by atoms with Crippen molar-refractivity contribution in [2.75, 3.05) is 4.90 Å². The van der Waals surface area contributed by atoms with Crippen molar-refractivity contribution in [1.29, 1.82) is 5.26 Å². The lowest BCUT2D eigenvalue weighted by molar-refractivity contribution is -0.384. The second-order valence-corrected chi connectivity index (χ2v) is 9.25. The summed E-state index contributed by atoms with van der Waals surface area (Å²) in [7, 11) is 0. The Morgan fingerprint density at radius 1 is 1.22 bits per heavy atom. The normalized spacial score (nSPS) is 20.1. The number of hydrogen-bond donors (Lipinski definition) is 1. The highest BCUT2D eigenvalue weighted by atomic mass is 35.5. The number of nitrogens with two attached hydrogens (primary N) is 1. The number of nitrogens with zero attached hydrogens (tertiary/aromatic N) is 3. The number of Topliss-reactive ketones (excluding diaryl/α,β-unsaturated/α-hetero) is 1. The molecule has 0 unspecified atom stereocenters. The van der Waals surface area contributed by atoms with Gasteiger partial charge in [-0.05, 0) is 35.6 Å². The van der Waals surface area contributed by atoms with Gasteiger partial charge < -0.3 is 5.73 Å². The summed E-state index contributed by atoms with van der Waals surface area (Å²) < 4.78 is 0. The molecule has 2 N–H and O–H groups in total. The molecule has 162 valence electrons. The molecule has 0 fully saturated rings. The van der Waals surface area contributed by atoms with Crippen molar-refractivity contribution in [1.82, 2.24) is 0 Å². The number of hydrogen-bond acceptors (Lipinski definition) is 6. The van der Waals surface area contributed by atoms with Gasteiger partial charge in [-0.1, -0.05) is 43.6 Å². The highest BCUT2D eigenvalue weighted by molar-refractivity contribution is 6.30. The first-order valence-electron chi connectivity index (χ1n) is 10.1. The molecular formula is C24H21ClN4O3. The van der Waals surface area contributed by atoms with Crippen molar-refractivity contribution in [3.05, 3.63) is 91.9 Å². The number of nitro benzene ring substituents is 1. The number of carbonyl (C=O) groups excluding carboxylic acids is 1. The van der Waals surface area contributed by atoms with E-state index in [9.17, 15) is 20.2 Å². The topological polar surface area (TPSA) is 113 Å². The van der Waals surface area contributed by atoms with Gasteiger partial charge >= 0.3 is 0 Å². The smallest absolute Gasteiger partial charge is 0.269 e. The molecular weight excluding hydrogens is 428 g/mol. The van der Waals surface area contributed by atoms with Crippen molar-refractivity contribution in [2.45, 2.75) is 32.6 Å². The molecule has 1 aliphatic heterocycles. The lowest BCUT2D eigenvalue weighted by Crippen LogP contribution is -2.42. The van der Waals surface area contributed by atoms with Gasteiger partial charge in [0.1, 0.15) is 5.82 Å². The Morgan fingerprint density at radius 2 is 1.91 bits per heavy atom. The highest BCUT2D eigenvalue weighted by Gasteiger charge is 2.44. The number of nitro groups is 1. The van der Waals surface area contributed by atoms with Crippen LogP contribution in [0.1, 0.15) is 38.2 Å². The number of carbonyl (C=O) groups is 1. The maximum atomic E-state index is 13.4. The lowest BCUT2D eigenvalue weighted by Gasteiger charge is -2.43. The first-order valence-corrected chi connectivity index (χ1v) is 10.5. The molecule has 32 heavy (non-hydrogen) atoms. The molecule has 0 spiro atoms. The zero-order chi connectivity index (χ0) is 23.2. The molecule has 1 atom stereocenters. The molecule has 2 aliphatic rings. The number of benzene rings is 2. The molecule has 0 aromatic heterocycles. The number of non-ortho nitro benzene ring substituents is 1. The van der Waals surface area contributed by atoms with Crippen molar-refractivity contribution < 1.29 is 9.72 Å². The molecule has 0 saturated carbocycles. The molecule has 7 nitrogen and oxygen atoms in total. The Labute approximate surface area is 190 Å². The van der Waals surface area contributed by atoms with E-state index in [4.69, 9.17) is 17.3 Å². The molecule has 1 heterocycles. The number of allylic oxidation sites excluding steroid dienone is 3. The van der Waals surface area contributed by atoms with E-state index in [1.807, 2.05) is 19.9 Å². The van der Waals surface area contributed by atoms with Crippen LogP contribution in [0.3, 0.4) is 0 Å². The Hall–Kier alpha value is -3.63. The zero-order valence-corrected chi connectivity index (χ0v) is 18.4. The SMILES string of the molecule is CC1(C)CC(=O)C2=C(C1)N(c1cccc(Cl)c1)C(N)=C(C#N)[C@H]2c1ccc([N+](=O)[O-])cc1. The predicted octanol–water partition coefficient (Wildman–Crippen LogP) is 5.19. The quantitative estimate of drug-likeness (QED) is 0.510. The third-order valence-electron chi connectivity index (χ3n) is 5.88. The zero-order valence-electron chi connectivity index (χ0n) is 17.6. The van der Waals surface area contributed by atoms with Gasteiger partial charge in [0.05, 0.1) is 22.5 Å². The summed E-state index contributed by atoms with van der Waals surface area (Å²) in [5.74, 6) is -0.524. The number of anilines is 1. The molecule has 0 amide bonds. The first-order chi connectivity index (χ1) is 15.1. The third-order valence-corrected chi connectivity index (χ3v) is 6.12. The standard InChI is InChI=1S/C24H21ClN4O3/c1-24(2)11-19-22(20(30)12-24)21(14-6-8-16(9-7-14)29(31)32)18(13-26)23(27)28(19)17-5-3-4-15(25)10-17/h3-10,21H,11-12,27H2,1-2H3/t21-/m1/s1. The fraction of sp³-hybridized carbons (Fsp3) is 0.250. The fourth-order valence-electron chi connectivity index (χ4n) is 4.54. The van der Waals surface area contributed by atoms with E-state index in [2.05, 4.69) is 6.07 Å². The van der Waals surface area contributed by atoms with Crippen LogP contribution in [0.25, 0.3) is 0 Å². The van der Waals surface area contributed by atoms with Crippen LogP contribution in [-0.2, 0) is 4.79 Å². The summed E-state index contributed by atoms with van der Waals surface area (Å²) in [4.78, 5) is 25.8. The van der Waals surface area contributed by atoms with E-state index >= 15 is 0 Å². The van der Waals surface area contributed by atoms with Crippen molar-refractivity contribution in [3.8, 4) is 6.07 Å². The van der Waals surface area contributed by atoms with Crippen LogP contribution < -0.4 is 10.6 Å². The van der Waals surface area contributed by atoms with Gasteiger partial charge in [0.2, 0.25) is 0 Å². The Balaban J connectivity index is 1.97. The van der Waals surface area contributed by atoms with Gasteiger partial charge in [-0.15, -0.1) is 0 Å². The number of halogens is 1. The van der Waals surface area contributed by atoms with Gasteiger partial charge in [-0.2, -0.15) is 5.26 Å². The summed E-state index contributed by atoms with van der Waals surface area (Å²) in [6.45, 7) is 4.04. The van der Waals surface area contributed by atoms with Crippen LogP contribution in [-0.4, -0.2) is 10.7 Å². The van der Waals surface area contributed by atoms with Crippen LogP contribution in [0, 0.1) is 26.9 Å². The van der Waals surface area contributed by atoms with Crippen molar-refractivity contribution in [2.24, 2.45) is 11.1 Å². The largest absolute Gasteiger partial charge is 0.384 e. The summed E-state index contributed by atoms with van der Waals surface area (Å²) in [5, 5.41) is 21.6. The number of rotatable bonds is 3. The molecule has 0 radical (unpaired) electrons. The van der Waals surface area contributed by atoms with Crippen molar-refractivity contribution in [3.63, 3.8) is 0 Å². The maximum Gasteiger partial charge on any atom is 0.269 e. The predicted molar refractivity (Wildman–Crippen MR) is 122 cm³/mol. The fourth-order valence-corrected chi connectivity index (χ4v) is 4.73. The van der Waals surface area contributed by atoms with Gasteiger partial charge in [0, 0.05) is 40.5 Å². The van der Waals surface area contributed by atoms with Gasteiger partial charge in [0.25, 0.3) is 5.69 Å². The Morgan fingerprint density at radius 3 is 2.50 bits per heavy atom. The van der Waals surface area contributed by atoms with Crippen LogP contribution in [0.2, 0.25) is 5.02 Å². The van der Waals surface area contributed by atoms with E-state index in [0.717, 1.165) is 5.70 Å². The molecule has 1 aliphatic carbocycles. The minimum Gasteiger partial charge on any atom is -0.384 e. The van der Waals surface area contributed by atoms with Gasteiger partial charge in [0.15, 0.2) is 5.78 Å². The average Bonchev–Trinajstić information content (AvgIpc) is 2.72. The monoisotopic (exact) mass is 448 g/mol. The highest BCUT2D eigenvalue weighted by Crippen LogP contribution is 2.50. The summed E-state index contributed by atoms with van der Waals surface area (Å²) in [5.41, 5.74) is 8.93. The van der Waals surface area contributed by atoms with E-state index in [1.54, 1.807) is 35.2 Å². The summed E-state index contributed by atoms with van der Waals surface area (Å²) in [6, 6.07) is 15.2. The molecule has 4 rings (SSSR count). The van der Waals surface area contributed by atoms with Gasteiger partial charge in [-0.25, -0.2) is 0 Å². The van der Waals surface area contributed by atoms with Crippen LogP contribution in [0.15, 0.2) is 71.2 Å². The first kappa shape index (κ1) is 21.6. The van der Waals surface area contributed by atoms with Crippen LogP contribution in [0.5, 0.6) is 0 Å². The summed E-state index contributed by atoms with van der Waals surface area (Å²) in [6.07, 6.45) is 0.904. The molecule has 0 bridgehead atoms. The van der Waals surface area contributed by atoms with E-state index < -0.39 is 10.8 Å². The average molecular weight is 449 g/mol.